The molecule has 0 bridgehead atoms. The average Bonchev–Trinajstić information content (AvgIpc) is 3.27. The maximum absolute atomic E-state index is 6.10. The van der Waals surface area contributed by atoms with Crippen molar-refractivity contribution in [3.8, 4) is 11.3 Å². The molecule has 5 aromatic rings. The van der Waals surface area contributed by atoms with Crippen LogP contribution in [0, 0.1) is 6.92 Å². The lowest BCUT2D eigenvalue weighted by Gasteiger charge is -2.23. The number of nitrogens with zero attached hydrogens (tertiary/aromatic N) is 2. The highest BCUT2D eigenvalue weighted by Gasteiger charge is 2.22. The molecule has 0 fully saturated rings. The Bertz CT molecular complexity index is 1440. The zero-order chi connectivity index (χ0) is 21.0. The molecule has 0 saturated carbocycles. The van der Waals surface area contributed by atoms with Crippen LogP contribution in [0.3, 0.4) is 0 Å². The van der Waals surface area contributed by atoms with Gasteiger partial charge in [0.15, 0.2) is 0 Å². The van der Waals surface area contributed by atoms with Crippen molar-refractivity contribution in [2.75, 3.05) is 0 Å². The third-order valence-corrected chi connectivity index (χ3v) is 6.20. The number of furan rings is 2. The fourth-order valence-corrected chi connectivity index (χ4v) is 4.87. The number of fused-ring (bicyclic) bond motifs is 5. The molecule has 0 saturated heterocycles. The van der Waals surface area contributed by atoms with Crippen molar-refractivity contribution in [2.24, 2.45) is 0 Å². The molecule has 0 aliphatic heterocycles. The molecule has 5 heteroatoms. The summed E-state index contributed by atoms with van der Waals surface area (Å²) in [5, 5.41) is 4.85. The normalized spacial score (nSPS) is 12.3. The van der Waals surface area contributed by atoms with E-state index in [1.54, 1.807) is 24.4 Å². The Hall–Kier alpha value is -3.05. The predicted molar refractivity (Wildman–Crippen MR) is 124 cm³/mol. The summed E-state index contributed by atoms with van der Waals surface area (Å²) in [6.07, 6.45) is 3.36. The fraction of sp³-hybridized carbons (Fsp3) is 0.200. The van der Waals surface area contributed by atoms with Gasteiger partial charge in [-0.3, -0.25) is 0 Å². The summed E-state index contributed by atoms with van der Waals surface area (Å²) in [5.41, 5.74) is 6.44. The number of hydrogen-bond donors (Lipinski definition) is 0. The highest BCUT2D eigenvalue weighted by molar-refractivity contribution is 8.02. The third-order valence-electron chi connectivity index (χ3n) is 5.43. The molecule has 4 nitrogen and oxygen atoms in total. The van der Waals surface area contributed by atoms with E-state index in [2.05, 4.69) is 50.5 Å². The van der Waals surface area contributed by atoms with Crippen LogP contribution in [0.15, 0.2) is 68.6 Å². The number of thioether (sulfide) groups is 1. The molecular formula is C25H22N2O2S. The van der Waals surface area contributed by atoms with E-state index in [1.165, 1.54) is 10.5 Å². The third kappa shape index (κ3) is 2.84. The quantitative estimate of drug-likeness (QED) is 0.284. The lowest BCUT2D eigenvalue weighted by molar-refractivity contribution is 0.578. The highest BCUT2D eigenvalue weighted by Crippen LogP contribution is 2.41. The largest absolute Gasteiger partial charge is 0.464 e. The predicted octanol–water partition coefficient (Wildman–Crippen LogP) is 7.63. The second-order valence-electron chi connectivity index (χ2n) is 8.48. The molecule has 2 aromatic carbocycles. The Morgan fingerprint density at radius 2 is 1.80 bits per heavy atom. The van der Waals surface area contributed by atoms with Crippen LogP contribution in [-0.4, -0.2) is 9.97 Å². The molecule has 150 valence electrons. The Labute approximate surface area is 179 Å². The van der Waals surface area contributed by atoms with Crippen molar-refractivity contribution in [3.63, 3.8) is 0 Å². The van der Waals surface area contributed by atoms with Crippen molar-refractivity contribution < 1.29 is 8.83 Å². The monoisotopic (exact) mass is 414 g/mol. The molecule has 0 atom stereocenters. The molecule has 3 aromatic heterocycles. The van der Waals surface area contributed by atoms with Gasteiger partial charge in [0.2, 0.25) is 5.71 Å². The van der Waals surface area contributed by atoms with E-state index >= 15 is 0 Å². The Morgan fingerprint density at radius 1 is 1.00 bits per heavy atom. The topological polar surface area (TPSA) is 52.1 Å². The van der Waals surface area contributed by atoms with Gasteiger partial charge in [-0.05, 0) is 53.1 Å². The minimum atomic E-state index is -0.0135. The SMILES string of the molecule is C=CSc1ccc(-c2ncnc3oc4ccc5occ(C)c5c4c23)cc1C(C)(C)C. The number of aromatic nitrogens is 2. The first-order chi connectivity index (χ1) is 14.4. The lowest BCUT2D eigenvalue weighted by Crippen LogP contribution is -2.12. The molecule has 0 unspecified atom stereocenters. The maximum atomic E-state index is 6.10. The van der Waals surface area contributed by atoms with Crippen LogP contribution in [0.1, 0.15) is 31.9 Å². The van der Waals surface area contributed by atoms with Crippen LogP contribution < -0.4 is 0 Å². The molecule has 5 rings (SSSR count). The average molecular weight is 415 g/mol. The Balaban J connectivity index is 1.87. The Kier molecular flexibility index (Phi) is 4.26. The minimum Gasteiger partial charge on any atom is -0.464 e. The summed E-state index contributed by atoms with van der Waals surface area (Å²) in [4.78, 5) is 10.3. The van der Waals surface area contributed by atoms with E-state index in [1.807, 2.05) is 24.5 Å². The second-order valence-corrected chi connectivity index (χ2v) is 9.49. The van der Waals surface area contributed by atoms with E-state index in [-0.39, 0.29) is 5.41 Å². The molecule has 30 heavy (non-hydrogen) atoms. The van der Waals surface area contributed by atoms with Gasteiger partial charge >= 0.3 is 0 Å². The Morgan fingerprint density at radius 3 is 2.57 bits per heavy atom. The lowest BCUT2D eigenvalue weighted by atomic mass is 9.85. The molecular weight excluding hydrogens is 392 g/mol. The number of benzene rings is 2. The van der Waals surface area contributed by atoms with Crippen LogP contribution >= 0.6 is 11.8 Å². The summed E-state index contributed by atoms with van der Waals surface area (Å²) in [5.74, 6) is 0. The summed E-state index contributed by atoms with van der Waals surface area (Å²) >= 11 is 1.65. The van der Waals surface area contributed by atoms with E-state index < -0.39 is 0 Å². The minimum absolute atomic E-state index is 0.0135. The molecule has 0 radical (unpaired) electrons. The van der Waals surface area contributed by atoms with Crippen molar-refractivity contribution >= 4 is 44.8 Å². The smallest absolute Gasteiger partial charge is 0.231 e. The van der Waals surface area contributed by atoms with Crippen molar-refractivity contribution in [2.45, 2.75) is 38.0 Å². The van der Waals surface area contributed by atoms with Crippen LogP contribution in [0.2, 0.25) is 0 Å². The van der Waals surface area contributed by atoms with Crippen LogP contribution in [0.5, 0.6) is 0 Å². The number of aryl methyl sites for hydroxylation is 1. The molecule has 0 amide bonds. The van der Waals surface area contributed by atoms with Gasteiger partial charge in [0.05, 0.1) is 17.3 Å². The van der Waals surface area contributed by atoms with Gasteiger partial charge in [0.25, 0.3) is 0 Å². The van der Waals surface area contributed by atoms with Crippen LogP contribution in [0.4, 0.5) is 0 Å². The zero-order valence-corrected chi connectivity index (χ0v) is 18.3. The summed E-state index contributed by atoms with van der Waals surface area (Å²) in [6.45, 7) is 12.6. The first-order valence-electron chi connectivity index (χ1n) is 9.85. The summed E-state index contributed by atoms with van der Waals surface area (Å²) < 4.78 is 11.8. The van der Waals surface area contributed by atoms with Gasteiger partial charge < -0.3 is 8.83 Å². The van der Waals surface area contributed by atoms with E-state index in [0.717, 1.165) is 44.1 Å². The van der Waals surface area contributed by atoms with Gasteiger partial charge in [0, 0.05) is 21.2 Å². The van der Waals surface area contributed by atoms with Crippen molar-refractivity contribution in [1.29, 1.82) is 0 Å². The summed E-state index contributed by atoms with van der Waals surface area (Å²) in [6, 6.07) is 10.4. The second kappa shape index (κ2) is 6.74. The number of hydrogen-bond acceptors (Lipinski definition) is 5. The van der Waals surface area contributed by atoms with E-state index in [0.29, 0.717) is 5.71 Å². The van der Waals surface area contributed by atoms with Gasteiger partial charge in [-0.25, -0.2) is 9.97 Å². The maximum Gasteiger partial charge on any atom is 0.231 e. The van der Waals surface area contributed by atoms with Gasteiger partial charge in [-0.15, -0.1) is 0 Å². The molecule has 0 aliphatic rings. The van der Waals surface area contributed by atoms with E-state index in [9.17, 15) is 0 Å². The highest BCUT2D eigenvalue weighted by atomic mass is 32.2. The van der Waals surface area contributed by atoms with Crippen molar-refractivity contribution in [3.05, 3.63) is 66.0 Å². The standard InChI is InChI=1S/C25H22N2O2S/c1-6-30-19-10-7-15(11-16(19)25(3,4)5)23-22-21-18(29-24(22)27-13-26-23)9-8-17-20(21)14(2)12-28-17/h6-13H,1H2,2-5H3. The van der Waals surface area contributed by atoms with E-state index in [4.69, 9.17) is 13.8 Å². The molecule has 3 heterocycles. The van der Waals surface area contributed by atoms with Crippen molar-refractivity contribution in [1.82, 2.24) is 9.97 Å². The van der Waals surface area contributed by atoms with Gasteiger partial charge in [-0.2, -0.15) is 0 Å². The first kappa shape index (κ1) is 18.9. The first-order valence-corrected chi connectivity index (χ1v) is 10.7. The number of rotatable bonds is 3. The van der Waals surface area contributed by atoms with Crippen LogP contribution in [-0.2, 0) is 5.41 Å². The molecule has 0 spiro atoms. The summed E-state index contributed by atoms with van der Waals surface area (Å²) in [7, 11) is 0. The molecule has 0 N–H and O–H groups in total. The van der Waals surface area contributed by atoms with Gasteiger partial charge in [0.1, 0.15) is 17.5 Å². The zero-order valence-electron chi connectivity index (χ0n) is 17.4. The van der Waals surface area contributed by atoms with Gasteiger partial charge in [-0.1, -0.05) is 45.2 Å². The fourth-order valence-electron chi connectivity index (χ4n) is 4.05. The van der Waals surface area contributed by atoms with Crippen LogP contribution in [0.25, 0.3) is 44.3 Å². The molecule has 0 aliphatic carbocycles.